The second-order valence-electron chi connectivity index (χ2n) is 5.70. The first-order valence-electron chi connectivity index (χ1n) is 7.68. The van der Waals surface area contributed by atoms with Gasteiger partial charge >= 0.3 is 146 Å². The van der Waals surface area contributed by atoms with Gasteiger partial charge in [-0.3, -0.25) is 0 Å². The second kappa shape index (κ2) is 5.92. The van der Waals surface area contributed by atoms with E-state index in [9.17, 15) is 5.26 Å². The van der Waals surface area contributed by atoms with Gasteiger partial charge in [-0.25, -0.2) is 0 Å². The molecule has 7 heteroatoms. The molecule has 0 amide bonds. The standard InChI is InChI=1S/C17H16AsN4O2/c1-23-12-5-6-13(14(7-12)24-2)18-16-15(10-3-4-10)21-17-11(8-19)9-20-22(16)17/h5-7,9-10,20H,3-4H2,1-2H3. The number of benzene rings is 1. The third-order valence-corrected chi connectivity index (χ3v) is 6.78. The zero-order valence-corrected chi connectivity index (χ0v) is 15.3. The Balaban J connectivity index is 1.81. The topological polar surface area (TPSA) is 75.3 Å². The van der Waals surface area contributed by atoms with Gasteiger partial charge in [0.1, 0.15) is 0 Å². The Kier molecular flexibility index (Phi) is 3.74. The van der Waals surface area contributed by atoms with E-state index in [1.165, 1.54) is 17.3 Å². The SMILES string of the molecule is COc1ccc([As]c2c(C3CC3)nc3c(C#N)c[nH]n23)c(OC)c1. The summed E-state index contributed by atoms with van der Waals surface area (Å²) < 4.78 is 15.1. The van der Waals surface area contributed by atoms with Crippen molar-refractivity contribution in [3.8, 4) is 17.6 Å². The van der Waals surface area contributed by atoms with Crippen LogP contribution in [0.5, 0.6) is 11.5 Å². The number of nitrogens with one attached hydrogen (secondary N) is 1. The Morgan fingerprint density at radius 2 is 2.17 bits per heavy atom. The van der Waals surface area contributed by atoms with Gasteiger partial charge in [-0.2, -0.15) is 0 Å². The molecule has 2 heterocycles. The van der Waals surface area contributed by atoms with Crippen LogP contribution in [-0.4, -0.2) is 44.6 Å². The average Bonchev–Trinajstić information content (AvgIpc) is 3.29. The van der Waals surface area contributed by atoms with Crippen molar-refractivity contribution in [1.29, 1.82) is 5.26 Å². The zero-order chi connectivity index (χ0) is 16.7. The molecule has 1 aromatic carbocycles. The Morgan fingerprint density at radius 1 is 1.33 bits per heavy atom. The van der Waals surface area contributed by atoms with E-state index in [0.717, 1.165) is 27.2 Å². The van der Waals surface area contributed by atoms with E-state index >= 15 is 0 Å². The molecule has 1 radical (unpaired) electrons. The van der Waals surface area contributed by atoms with Gasteiger partial charge in [-0.05, 0) is 0 Å². The summed E-state index contributed by atoms with van der Waals surface area (Å²) in [5, 5.41) is 12.4. The van der Waals surface area contributed by atoms with Crippen molar-refractivity contribution in [3.63, 3.8) is 0 Å². The summed E-state index contributed by atoms with van der Waals surface area (Å²) in [5.41, 5.74) is 2.46. The van der Waals surface area contributed by atoms with Gasteiger partial charge in [0.05, 0.1) is 0 Å². The molecule has 0 atom stereocenters. The molecule has 4 rings (SSSR count). The first-order chi connectivity index (χ1) is 11.7. The van der Waals surface area contributed by atoms with Gasteiger partial charge in [0.15, 0.2) is 0 Å². The van der Waals surface area contributed by atoms with Gasteiger partial charge in [0.2, 0.25) is 0 Å². The van der Waals surface area contributed by atoms with E-state index in [0.29, 0.717) is 11.5 Å². The fourth-order valence-electron chi connectivity index (χ4n) is 2.74. The van der Waals surface area contributed by atoms with Crippen molar-refractivity contribution in [2.45, 2.75) is 18.8 Å². The fraction of sp³-hybridized carbons (Fsp3) is 0.294. The van der Waals surface area contributed by atoms with Crippen LogP contribution < -0.4 is 18.3 Å². The third-order valence-electron chi connectivity index (χ3n) is 4.16. The maximum atomic E-state index is 9.26. The number of nitrogens with zero attached hydrogens (tertiary/aromatic N) is 3. The molecule has 121 valence electrons. The molecule has 1 aliphatic rings. The number of aromatic amines is 1. The Bertz CT molecular complexity index is 950. The molecular formula is C17H16AsN4O2. The molecule has 0 saturated heterocycles. The van der Waals surface area contributed by atoms with Crippen molar-refractivity contribution in [3.05, 3.63) is 35.7 Å². The Morgan fingerprint density at radius 3 is 2.83 bits per heavy atom. The minimum absolute atomic E-state index is 0.333. The van der Waals surface area contributed by atoms with Crippen LogP contribution in [0.25, 0.3) is 5.65 Å². The van der Waals surface area contributed by atoms with Gasteiger partial charge in [0, 0.05) is 0 Å². The Hall–Kier alpha value is -2.38. The molecule has 24 heavy (non-hydrogen) atoms. The quantitative estimate of drug-likeness (QED) is 0.670. The fourth-order valence-corrected chi connectivity index (χ4v) is 5.34. The van der Waals surface area contributed by atoms with Crippen LogP contribution >= 0.6 is 0 Å². The molecule has 0 bridgehead atoms. The van der Waals surface area contributed by atoms with Gasteiger partial charge in [-0.1, -0.05) is 0 Å². The second-order valence-corrected chi connectivity index (χ2v) is 8.07. The summed E-state index contributed by atoms with van der Waals surface area (Å²) in [6.45, 7) is 0. The normalized spacial score (nSPS) is 14.4. The summed E-state index contributed by atoms with van der Waals surface area (Å²) in [7, 11) is 3.33. The summed E-state index contributed by atoms with van der Waals surface area (Å²) in [5.74, 6) is 2.14. The van der Waals surface area contributed by atoms with E-state index in [1.54, 1.807) is 20.4 Å². The number of aromatic nitrogens is 3. The number of fused-ring (bicyclic) bond motifs is 1. The van der Waals surface area contributed by atoms with Crippen molar-refractivity contribution in [2.24, 2.45) is 0 Å². The van der Waals surface area contributed by atoms with Crippen LogP contribution in [-0.2, 0) is 0 Å². The maximum absolute atomic E-state index is 9.26. The number of rotatable bonds is 5. The first-order valence-corrected chi connectivity index (χ1v) is 9.56. The number of hydrogen-bond donors (Lipinski definition) is 1. The van der Waals surface area contributed by atoms with E-state index in [-0.39, 0.29) is 15.8 Å². The van der Waals surface area contributed by atoms with Gasteiger partial charge in [-0.15, -0.1) is 0 Å². The number of ether oxygens (including phenoxy) is 2. The summed E-state index contributed by atoms with van der Waals surface area (Å²) >= 11 is -0.333. The van der Waals surface area contributed by atoms with E-state index in [1.807, 2.05) is 16.6 Å². The molecule has 0 unspecified atom stereocenters. The molecule has 1 fully saturated rings. The molecule has 1 N–H and O–H groups in total. The van der Waals surface area contributed by atoms with E-state index in [4.69, 9.17) is 14.5 Å². The number of nitriles is 1. The van der Waals surface area contributed by atoms with Crippen LogP contribution in [0.15, 0.2) is 24.4 Å². The minimum atomic E-state index is -0.333. The molecule has 2 aromatic heterocycles. The monoisotopic (exact) mass is 383 g/mol. The number of hydrogen-bond acceptors (Lipinski definition) is 4. The summed E-state index contributed by atoms with van der Waals surface area (Å²) in [6, 6.07) is 8.13. The molecule has 3 aromatic rings. The van der Waals surface area contributed by atoms with E-state index < -0.39 is 0 Å². The van der Waals surface area contributed by atoms with Crippen LogP contribution in [0.4, 0.5) is 0 Å². The zero-order valence-electron chi connectivity index (χ0n) is 13.4. The van der Waals surface area contributed by atoms with Crippen molar-refractivity contribution in [2.75, 3.05) is 14.2 Å². The van der Waals surface area contributed by atoms with Crippen LogP contribution in [0, 0.1) is 11.3 Å². The number of imidazole rings is 1. The van der Waals surface area contributed by atoms with Crippen LogP contribution in [0.1, 0.15) is 30.0 Å². The molecule has 1 saturated carbocycles. The number of methoxy groups -OCH3 is 2. The molecule has 0 aliphatic heterocycles. The molecule has 1 aliphatic carbocycles. The summed E-state index contributed by atoms with van der Waals surface area (Å²) in [4.78, 5) is 4.76. The predicted octanol–water partition coefficient (Wildman–Crippen LogP) is 1.08. The number of H-pyrrole nitrogens is 1. The third kappa shape index (κ3) is 2.46. The molecule has 6 nitrogen and oxygen atoms in total. The van der Waals surface area contributed by atoms with Gasteiger partial charge < -0.3 is 0 Å². The van der Waals surface area contributed by atoms with E-state index in [2.05, 4.69) is 17.2 Å². The van der Waals surface area contributed by atoms with Crippen LogP contribution in [0.2, 0.25) is 0 Å². The first kappa shape index (κ1) is 15.2. The van der Waals surface area contributed by atoms with Crippen molar-refractivity contribution < 1.29 is 9.47 Å². The predicted molar refractivity (Wildman–Crippen MR) is 90.8 cm³/mol. The van der Waals surface area contributed by atoms with Crippen molar-refractivity contribution in [1.82, 2.24) is 14.6 Å². The summed E-state index contributed by atoms with van der Waals surface area (Å²) in [6.07, 6.45) is 4.07. The molecule has 0 spiro atoms. The average molecular weight is 383 g/mol. The molecular weight excluding hydrogens is 367 g/mol. The van der Waals surface area contributed by atoms with Crippen LogP contribution in [0.3, 0.4) is 0 Å². The Labute approximate surface area is 146 Å². The van der Waals surface area contributed by atoms with Crippen molar-refractivity contribution >= 4 is 30.2 Å². The van der Waals surface area contributed by atoms with Gasteiger partial charge in [0.25, 0.3) is 0 Å².